The van der Waals surface area contributed by atoms with Crippen molar-refractivity contribution in [2.75, 3.05) is 11.5 Å². The van der Waals surface area contributed by atoms with Crippen LogP contribution in [0.3, 0.4) is 0 Å². The van der Waals surface area contributed by atoms with Gasteiger partial charge in [-0.15, -0.1) is 0 Å². The van der Waals surface area contributed by atoms with Crippen molar-refractivity contribution in [3.8, 4) is 0 Å². The van der Waals surface area contributed by atoms with Crippen LogP contribution in [0, 0.1) is 6.92 Å². The third kappa shape index (κ3) is 4.03. The van der Waals surface area contributed by atoms with Crippen LogP contribution in [-0.4, -0.2) is 38.3 Å². The molecule has 0 spiro atoms. The predicted molar refractivity (Wildman–Crippen MR) is 58.5 cm³/mol. The Morgan fingerprint density at radius 3 is 2.31 bits per heavy atom. The Morgan fingerprint density at radius 1 is 1.19 bits per heavy atom. The molecule has 0 aliphatic rings. The van der Waals surface area contributed by atoms with Gasteiger partial charge in [0.2, 0.25) is 9.05 Å². The highest BCUT2D eigenvalue weighted by Crippen LogP contribution is 2.09. The van der Waals surface area contributed by atoms with E-state index in [4.69, 9.17) is 10.7 Å². The molecule has 1 aromatic heterocycles. The summed E-state index contributed by atoms with van der Waals surface area (Å²) in [7, 11) is -2.62. The lowest BCUT2D eigenvalue weighted by atomic mass is 10.5. The van der Waals surface area contributed by atoms with Crippen LogP contribution in [0.25, 0.3) is 0 Å². The molecule has 0 radical (unpaired) electrons. The standard InChI is InChI=1S/C7H9ClN2O4S2/c1-6-4-7(10-5-9-6)15(11,12)2-3-16(8,13)14/h4-5H,2-3H2,1H3. The minimum Gasteiger partial charge on any atom is -0.242 e. The van der Waals surface area contributed by atoms with Crippen LogP contribution >= 0.6 is 10.7 Å². The van der Waals surface area contributed by atoms with Gasteiger partial charge in [0.25, 0.3) is 0 Å². The second-order valence-corrected chi connectivity index (χ2v) is 8.01. The maximum absolute atomic E-state index is 11.6. The minimum absolute atomic E-state index is 0.194. The Bertz CT molecular complexity index is 582. The van der Waals surface area contributed by atoms with E-state index in [-0.39, 0.29) is 5.03 Å². The average molecular weight is 285 g/mol. The summed E-state index contributed by atoms with van der Waals surface area (Å²) in [4.78, 5) is 7.32. The predicted octanol–water partition coefficient (Wildman–Crippen LogP) is 0.127. The van der Waals surface area contributed by atoms with Crippen molar-refractivity contribution in [3.05, 3.63) is 18.1 Å². The van der Waals surface area contributed by atoms with Gasteiger partial charge in [0.05, 0.1) is 11.5 Å². The zero-order chi connectivity index (χ0) is 12.4. The number of rotatable bonds is 4. The van der Waals surface area contributed by atoms with Crippen molar-refractivity contribution >= 4 is 29.6 Å². The summed E-state index contributed by atoms with van der Waals surface area (Å²) >= 11 is 0. The molecule has 0 aliphatic carbocycles. The maximum atomic E-state index is 11.6. The van der Waals surface area contributed by atoms with Crippen molar-refractivity contribution in [2.45, 2.75) is 11.9 Å². The van der Waals surface area contributed by atoms with E-state index in [9.17, 15) is 16.8 Å². The molecule has 1 rings (SSSR count). The third-order valence-corrected chi connectivity index (χ3v) is 4.71. The lowest BCUT2D eigenvalue weighted by molar-refractivity contribution is 0.589. The first-order chi connectivity index (χ1) is 7.21. The number of hydrogen-bond acceptors (Lipinski definition) is 6. The van der Waals surface area contributed by atoms with Crippen molar-refractivity contribution < 1.29 is 16.8 Å². The zero-order valence-corrected chi connectivity index (χ0v) is 10.7. The Labute approximate surface area is 98.0 Å². The fourth-order valence-corrected chi connectivity index (χ4v) is 3.92. The van der Waals surface area contributed by atoms with E-state index in [0.717, 1.165) is 6.33 Å². The van der Waals surface area contributed by atoms with Crippen LogP contribution in [0.1, 0.15) is 5.69 Å². The highest BCUT2D eigenvalue weighted by atomic mass is 35.7. The quantitative estimate of drug-likeness (QED) is 0.576. The topological polar surface area (TPSA) is 94.1 Å². The molecule has 0 N–H and O–H groups in total. The van der Waals surface area contributed by atoms with Crippen LogP contribution in [0.2, 0.25) is 0 Å². The van der Waals surface area contributed by atoms with Gasteiger partial charge in [0.15, 0.2) is 14.9 Å². The molecule has 9 heteroatoms. The van der Waals surface area contributed by atoms with E-state index >= 15 is 0 Å². The molecule has 6 nitrogen and oxygen atoms in total. The van der Waals surface area contributed by atoms with E-state index in [1.54, 1.807) is 6.92 Å². The molecular weight excluding hydrogens is 276 g/mol. The lowest BCUT2D eigenvalue weighted by Gasteiger charge is -2.02. The van der Waals surface area contributed by atoms with Gasteiger partial charge in [-0.3, -0.25) is 0 Å². The molecule has 0 saturated heterocycles. The number of hydrogen-bond donors (Lipinski definition) is 0. The molecule has 1 aromatic rings. The molecule has 0 atom stereocenters. The zero-order valence-electron chi connectivity index (χ0n) is 8.29. The molecule has 0 aromatic carbocycles. The Balaban J connectivity index is 2.95. The van der Waals surface area contributed by atoms with E-state index in [0.29, 0.717) is 5.69 Å². The summed E-state index contributed by atoms with van der Waals surface area (Å²) in [5, 5.41) is -0.194. The average Bonchev–Trinajstić information content (AvgIpc) is 2.14. The number of nitrogens with zero attached hydrogens (tertiary/aromatic N) is 2. The number of aromatic nitrogens is 2. The molecule has 0 bridgehead atoms. The summed E-state index contributed by atoms with van der Waals surface area (Å²) in [6.07, 6.45) is 1.11. The van der Waals surface area contributed by atoms with Crippen LogP contribution in [0.15, 0.2) is 17.4 Å². The van der Waals surface area contributed by atoms with E-state index in [1.807, 2.05) is 0 Å². The number of sulfone groups is 1. The summed E-state index contributed by atoms with van der Waals surface area (Å²) in [6, 6.07) is 1.27. The molecule has 0 saturated carbocycles. The van der Waals surface area contributed by atoms with Gasteiger partial charge >= 0.3 is 0 Å². The van der Waals surface area contributed by atoms with Crippen molar-refractivity contribution in [2.24, 2.45) is 0 Å². The Morgan fingerprint density at radius 2 is 1.81 bits per heavy atom. The maximum Gasteiger partial charge on any atom is 0.233 e. The second-order valence-electron chi connectivity index (χ2n) is 3.06. The molecule has 0 fully saturated rings. The van der Waals surface area contributed by atoms with E-state index in [2.05, 4.69) is 9.97 Å². The fourth-order valence-electron chi connectivity index (χ4n) is 0.914. The molecule has 90 valence electrons. The molecule has 16 heavy (non-hydrogen) atoms. The van der Waals surface area contributed by atoms with Crippen LogP contribution in [-0.2, 0) is 18.9 Å². The second kappa shape index (κ2) is 4.64. The Kier molecular flexibility index (Phi) is 3.87. The fraction of sp³-hybridized carbons (Fsp3) is 0.429. The molecule has 0 aliphatic heterocycles. The molecule has 0 unspecified atom stereocenters. The Hall–Kier alpha value is -0.730. The van der Waals surface area contributed by atoms with Gasteiger partial charge in [-0.1, -0.05) is 0 Å². The van der Waals surface area contributed by atoms with Gasteiger partial charge in [-0.2, -0.15) is 0 Å². The first-order valence-electron chi connectivity index (χ1n) is 4.14. The van der Waals surface area contributed by atoms with Crippen molar-refractivity contribution in [1.29, 1.82) is 0 Å². The summed E-state index contributed by atoms with van der Waals surface area (Å²) in [6.45, 7) is 1.61. The van der Waals surface area contributed by atoms with E-state index < -0.39 is 30.4 Å². The summed E-state index contributed by atoms with van der Waals surface area (Å²) in [5.41, 5.74) is 0.488. The van der Waals surface area contributed by atoms with E-state index in [1.165, 1.54) is 6.07 Å². The van der Waals surface area contributed by atoms with Gasteiger partial charge in [-0.05, 0) is 13.0 Å². The number of halogens is 1. The molecule has 0 amide bonds. The monoisotopic (exact) mass is 284 g/mol. The summed E-state index contributed by atoms with van der Waals surface area (Å²) in [5.74, 6) is -1.23. The minimum atomic E-state index is -3.83. The van der Waals surface area contributed by atoms with Gasteiger partial charge in [-0.25, -0.2) is 26.8 Å². The van der Waals surface area contributed by atoms with Gasteiger partial charge in [0, 0.05) is 16.4 Å². The third-order valence-electron chi connectivity index (χ3n) is 1.69. The summed E-state index contributed by atoms with van der Waals surface area (Å²) < 4.78 is 44.5. The lowest BCUT2D eigenvalue weighted by Crippen LogP contribution is -2.15. The van der Waals surface area contributed by atoms with Gasteiger partial charge < -0.3 is 0 Å². The number of aryl methyl sites for hydroxylation is 1. The smallest absolute Gasteiger partial charge is 0.233 e. The van der Waals surface area contributed by atoms with Crippen molar-refractivity contribution in [3.63, 3.8) is 0 Å². The largest absolute Gasteiger partial charge is 0.242 e. The highest BCUT2D eigenvalue weighted by Gasteiger charge is 2.19. The highest BCUT2D eigenvalue weighted by molar-refractivity contribution is 8.14. The first-order valence-corrected chi connectivity index (χ1v) is 8.27. The van der Waals surface area contributed by atoms with Crippen LogP contribution < -0.4 is 0 Å². The SMILES string of the molecule is Cc1cc(S(=O)(=O)CCS(=O)(=O)Cl)ncn1. The normalized spacial score (nSPS) is 12.6. The first kappa shape index (κ1) is 13.3. The molecule has 1 heterocycles. The van der Waals surface area contributed by atoms with Gasteiger partial charge in [0.1, 0.15) is 6.33 Å². The van der Waals surface area contributed by atoms with Crippen LogP contribution in [0.4, 0.5) is 0 Å². The van der Waals surface area contributed by atoms with Crippen LogP contribution in [0.5, 0.6) is 0 Å². The van der Waals surface area contributed by atoms with Crippen molar-refractivity contribution in [1.82, 2.24) is 9.97 Å². The molecular formula is C7H9ClN2O4S2.